The number of ether oxygens (including phenoxy) is 1. The first-order chi connectivity index (χ1) is 9.70. The van der Waals surface area contributed by atoms with Gasteiger partial charge < -0.3 is 10.1 Å². The van der Waals surface area contributed by atoms with Crippen molar-refractivity contribution < 1.29 is 9.53 Å². The molecule has 0 aliphatic carbocycles. The Balaban J connectivity index is 1.85. The Morgan fingerprint density at radius 3 is 3.05 bits per heavy atom. The molecule has 0 atom stereocenters. The van der Waals surface area contributed by atoms with Crippen LogP contribution in [-0.4, -0.2) is 34.6 Å². The van der Waals surface area contributed by atoms with Crippen LogP contribution in [0.4, 0.5) is 0 Å². The lowest BCUT2D eigenvalue weighted by Gasteiger charge is -2.08. The topological polar surface area (TPSA) is 69.0 Å². The van der Waals surface area contributed by atoms with Crippen molar-refractivity contribution in [3.63, 3.8) is 0 Å². The predicted octanol–water partition coefficient (Wildman–Crippen LogP) is 1.87. The van der Waals surface area contributed by atoms with Gasteiger partial charge in [0.2, 0.25) is 0 Å². The summed E-state index contributed by atoms with van der Waals surface area (Å²) in [4.78, 5) is 12.1. The summed E-state index contributed by atoms with van der Waals surface area (Å²) < 4.78 is 7.59. The van der Waals surface area contributed by atoms with Gasteiger partial charge in [0.1, 0.15) is 5.75 Å². The second-order valence-electron chi connectivity index (χ2n) is 4.12. The number of carbonyl (C=O) groups is 1. The van der Waals surface area contributed by atoms with Crippen molar-refractivity contribution in [2.45, 2.75) is 13.0 Å². The van der Waals surface area contributed by atoms with Gasteiger partial charge in [0.05, 0.1) is 18.9 Å². The Morgan fingerprint density at radius 2 is 2.35 bits per heavy atom. The molecule has 0 aliphatic heterocycles. The normalized spacial score (nSPS) is 10.3. The monoisotopic (exact) mass is 338 g/mol. The first-order valence-electron chi connectivity index (χ1n) is 6.16. The maximum absolute atomic E-state index is 12.1. The fraction of sp³-hybridized carbons (Fsp3) is 0.308. The van der Waals surface area contributed by atoms with Gasteiger partial charge >= 0.3 is 0 Å². The summed E-state index contributed by atoms with van der Waals surface area (Å²) in [6.07, 6.45) is 4.21. The third kappa shape index (κ3) is 3.80. The average Bonchev–Trinajstić information content (AvgIpc) is 2.97. The summed E-state index contributed by atoms with van der Waals surface area (Å²) in [5, 5.41) is 10.4. The van der Waals surface area contributed by atoms with E-state index in [1.165, 1.54) is 0 Å². The van der Waals surface area contributed by atoms with Crippen molar-refractivity contribution in [1.29, 1.82) is 0 Å². The van der Waals surface area contributed by atoms with Crippen LogP contribution in [0, 0.1) is 0 Å². The third-order valence-corrected chi connectivity index (χ3v) is 3.43. The molecule has 1 aromatic heterocycles. The van der Waals surface area contributed by atoms with Crippen molar-refractivity contribution in [2.24, 2.45) is 0 Å². The molecule has 7 heteroatoms. The van der Waals surface area contributed by atoms with Gasteiger partial charge in [-0.3, -0.25) is 9.48 Å². The van der Waals surface area contributed by atoms with Crippen molar-refractivity contribution >= 4 is 21.8 Å². The molecule has 1 N–H and O–H groups in total. The van der Waals surface area contributed by atoms with Crippen LogP contribution in [0.3, 0.4) is 0 Å². The summed E-state index contributed by atoms with van der Waals surface area (Å²) in [5.74, 6) is 0.523. The van der Waals surface area contributed by atoms with E-state index in [1.54, 1.807) is 42.4 Å². The number of aryl methyl sites for hydroxylation is 1. The lowest BCUT2D eigenvalue weighted by atomic mass is 10.2. The Hall–Kier alpha value is -1.89. The van der Waals surface area contributed by atoms with Gasteiger partial charge in [-0.05, 0) is 40.5 Å². The highest BCUT2D eigenvalue weighted by molar-refractivity contribution is 9.10. The number of amides is 1. The first kappa shape index (κ1) is 14.5. The fourth-order valence-corrected chi connectivity index (χ4v) is 2.12. The maximum atomic E-state index is 12.1. The van der Waals surface area contributed by atoms with Gasteiger partial charge in [-0.25, -0.2) is 0 Å². The molecule has 0 saturated carbocycles. The van der Waals surface area contributed by atoms with Crippen LogP contribution in [-0.2, 0) is 6.54 Å². The molecule has 6 nitrogen and oxygen atoms in total. The van der Waals surface area contributed by atoms with Crippen LogP contribution in [0.2, 0.25) is 0 Å². The van der Waals surface area contributed by atoms with Gasteiger partial charge in [-0.1, -0.05) is 5.21 Å². The smallest absolute Gasteiger partial charge is 0.252 e. The molecule has 106 valence electrons. The zero-order valence-electron chi connectivity index (χ0n) is 11.0. The molecule has 1 amide bonds. The van der Waals surface area contributed by atoms with Crippen LogP contribution >= 0.6 is 15.9 Å². The molecule has 2 aromatic rings. The van der Waals surface area contributed by atoms with Crippen LogP contribution in [0.5, 0.6) is 5.75 Å². The van der Waals surface area contributed by atoms with Crippen LogP contribution in [0.15, 0.2) is 35.1 Å². The van der Waals surface area contributed by atoms with E-state index < -0.39 is 0 Å². The Morgan fingerprint density at radius 1 is 1.50 bits per heavy atom. The van der Waals surface area contributed by atoms with Crippen molar-refractivity contribution in [3.8, 4) is 5.75 Å². The molecule has 1 aromatic carbocycles. The molecule has 0 saturated heterocycles. The minimum atomic E-state index is -0.130. The second kappa shape index (κ2) is 7.04. The molecule has 0 fully saturated rings. The van der Waals surface area contributed by atoms with E-state index in [9.17, 15) is 4.79 Å². The summed E-state index contributed by atoms with van der Waals surface area (Å²) >= 11 is 3.36. The lowest BCUT2D eigenvalue weighted by Crippen LogP contribution is -2.25. The average molecular weight is 339 g/mol. The lowest BCUT2D eigenvalue weighted by molar-refractivity contribution is 0.0951. The second-order valence-corrected chi connectivity index (χ2v) is 4.98. The minimum Gasteiger partial charge on any atom is -0.497 e. The summed E-state index contributed by atoms with van der Waals surface area (Å²) in [5.41, 5.74) is 0.560. The molecular weight excluding hydrogens is 324 g/mol. The Kier molecular flexibility index (Phi) is 5.11. The molecule has 2 rings (SSSR count). The van der Waals surface area contributed by atoms with Crippen molar-refractivity contribution in [2.75, 3.05) is 13.7 Å². The first-order valence-corrected chi connectivity index (χ1v) is 6.96. The molecule has 0 unspecified atom stereocenters. The molecule has 20 heavy (non-hydrogen) atoms. The SMILES string of the molecule is COc1ccc(Br)c(C(=O)NCCCn2ccnn2)c1. The number of hydrogen-bond acceptors (Lipinski definition) is 4. The number of nitrogens with zero attached hydrogens (tertiary/aromatic N) is 3. The largest absolute Gasteiger partial charge is 0.497 e. The quantitative estimate of drug-likeness (QED) is 0.816. The highest BCUT2D eigenvalue weighted by atomic mass is 79.9. The number of carbonyl (C=O) groups excluding carboxylic acids is 1. The van der Waals surface area contributed by atoms with E-state index in [-0.39, 0.29) is 5.91 Å². The zero-order valence-corrected chi connectivity index (χ0v) is 12.6. The van der Waals surface area contributed by atoms with Gasteiger partial charge in [0, 0.05) is 23.8 Å². The number of halogens is 1. The molecule has 1 heterocycles. The van der Waals surface area contributed by atoms with Crippen LogP contribution < -0.4 is 10.1 Å². The number of hydrogen-bond donors (Lipinski definition) is 1. The van der Waals surface area contributed by atoms with E-state index in [1.807, 2.05) is 0 Å². The van der Waals surface area contributed by atoms with Gasteiger partial charge in [-0.15, -0.1) is 5.10 Å². The highest BCUT2D eigenvalue weighted by Crippen LogP contribution is 2.22. The molecular formula is C13H15BrN4O2. The summed E-state index contributed by atoms with van der Waals surface area (Å²) in [7, 11) is 1.57. The zero-order chi connectivity index (χ0) is 14.4. The van der Waals surface area contributed by atoms with Crippen LogP contribution in [0.25, 0.3) is 0 Å². The van der Waals surface area contributed by atoms with E-state index in [0.717, 1.165) is 17.4 Å². The Bertz CT molecular complexity index is 572. The number of benzene rings is 1. The van der Waals surface area contributed by atoms with Gasteiger partial charge in [0.25, 0.3) is 5.91 Å². The van der Waals surface area contributed by atoms with E-state index in [2.05, 4.69) is 31.6 Å². The van der Waals surface area contributed by atoms with E-state index in [4.69, 9.17) is 4.74 Å². The molecule has 0 bridgehead atoms. The maximum Gasteiger partial charge on any atom is 0.252 e. The van der Waals surface area contributed by atoms with Crippen molar-refractivity contribution in [3.05, 3.63) is 40.6 Å². The highest BCUT2D eigenvalue weighted by Gasteiger charge is 2.10. The van der Waals surface area contributed by atoms with Gasteiger partial charge in [0.15, 0.2) is 0 Å². The summed E-state index contributed by atoms with van der Waals surface area (Å²) in [6.45, 7) is 1.29. The number of methoxy groups -OCH3 is 1. The number of nitrogens with one attached hydrogen (secondary N) is 1. The minimum absolute atomic E-state index is 0.130. The van der Waals surface area contributed by atoms with E-state index >= 15 is 0 Å². The van der Waals surface area contributed by atoms with E-state index in [0.29, 0.717) is 17.9 Å². The number of aromatic nitrogens is 3. The predicted molar refractivity (Wildman–Crippen MR) is 77.7 cm³/mol. The summed E-state index contributed by atoms with van der Waals surface area (Å²) in [6, 6.07) is 5.30. The standard InChI is InChI=1S/C13H15BrN4O2/c1-20-10-3-4-12(14)11(9-10)13(19)15-5-2-7-18-8-6-16-17-18/h3-4,6,8-9H,2,5,7H2,1H3,(H,15,19). The van der Waals surface area contributed by atoms with Gasteiger partial charge in [-0.2, -0.15) is 0 Å². The molecule has 0 radical (unpaired) electrons. The Labute approximate surface area is 125 Å². The molecule has 0 spiro atoms. The third-order valence-electron chi connectivity index (χ3n) is 2.74. The molecule has 0 aliphatic rings. The number of rotatable bonds is 6. The van der Waals surface area contributed by atoms with Crippen molar-refractivity contribution in [1.82, 2.24) is 20.3 Å². The fourth-order valence-electron chi connectivity index (χ4n) is 1.70. The van der Waals surface area contributed by atoms with Crippen LogP contribution in [0.1, 0.15) is 16.8 Å².